The number of hydrogen-bond donors (Lipinski definition) is 1. The Bertz CT molecular complexity index is 483. The summed E-state index contributed by atoms with van der Waals surface area (Å²) in [6.07, 6.45) is -1.20. The monoisotopic (exact) mass is 289 g/mol. The molecule has 0 radical (unpaired) electrons. The summed E-state index contributed by atoms with van der Waals surface area (Å²) in [7, 11) is 0. The highest BCUT2D eigenvalue weighted by Crippen LogP contribution is 2.39. The quantitative estimate of drug-likeness (QED) is 0.913. The number of ether oxygens (including phenoxy) is 2. The van der Waals surface area contributed by atoms with Crippen LogP contribution >= 0.6 is 0 Å². The van der Waals surface area contributed by atoms with Crippen molar-refractivity contribution in [1.82, 2.24) is 0 Å². The zero-order valence-electron chi connectivity index (χ0n) is 10.7. The van der Waals surface area contributed by atoms with E-state index in [1.807, 2.05) is 0 Å². The molecule has 1 unspecified atom stereocenters. The Morgan fingerprint density at radius 1 is 1.42 bits per heavy atom. The maximum atomic E-state index is 13.8. The van der Waals surface area contributed by atoms with Crippen molar-refractivity contribution in [1.29, 1.82) is 0 Å². The summed E-state index contributed by atoms with van der Waals surface area (Å²) in [5.41, 5.74) is 0.379. The first-order chi connectivity index (χ1) is 8.89. The minimum absolute atomic E-state index is 0.0362. The van der Waals surface area contributed by atoms with E-state index in [0.29, 0.717) is 5.56 Å². The highest BCUT2D eigenvalue weighted by atomic mass is 32.2. The Morgan fingerprint density at radius 2 is 2.11 bits per heavy atom. The summed E-state index contributed by atoms with van der Waals surface area (Å²) in [5.74, 6) is -1.25. The maximum absolute atomic E-state index is 13.8. The van der Waals surface area contributed by atoms with Crippen LogP contribution in [0, 0.1) is 5.82 Å². The van der Waals surface area contributed by atoms with E-state index in [0.717, 1.165) is 0 Å². The molecular formula is C12H16FNO4S. The Morgan fingerprint density at radius 3 is 2.74 bits per heavy atom. The van der Waals surface area contributed by atoms with Crippen LogP contribution in [0.5, 0.6) is 0 Å². The molecule has 1 aromatic carbocycles. The van der Waals surface area contributed by atoms with Gasteiger partial charge in [0.25, 0.3) is 0 Å². The van der Waals surface area contributed by atoms with Gasteiger partial charge in [0.05, 0.1) is 6.61 Å². The second kappa shape index (κ2) is 5.64. The van der Waals surface area contributed by atoms with Gasteiger partial charge in [0.1, 0.15) is 18.0 Å². The molecule has 1 saturated heterocycles. The fraction of sp³-hybridized carbons (Fsp3) is 0.500. The van der Waals surface area contributed by atoms with Crippen molar-refractivity contribution >= 4 is 11.3 Å². The van der Waals surface area contributed by atoms with Gasteiger partial charge in [-0.25, -0.2) is 13.7 Å². The average Bonchev–Trinajstić information content (AvgIpc) is 2.62. The van der Waals surface area contributed by atoms with Gasteiger partial charge in [0, 0.05) is 5.56 Å². The van der Waals surface area contributed by atoms with E-state index in [4.69, 9.17) is 18.8 Å². The van der Waals surface area contributed by atoms with Crippen LogP contribution in [0.15, 0.2) is 24.3 Å². The molecule has 0 amide bonds. The van der Waals surface area contributed by atoms with Crippen LogP contribution in [0.2, 0.25) is 0 Å². The Hall–Kier alpha value is -0.860. The third-order valence-corrected chi connectivity index (χ3v) is 3.11. The van der Waals surface area contributed by atoms with E-state index in [9.17, 15) is 8.60 Å². The molecule has 1 aliphatic heterocycles. The molecule has 2 rings (SSSR count). The summed E-state index contributed by atoms with van der Waals surface area (Å²) in [4.78, 5) is 0. The lowest BCUT2D eigenvalue weighted by atomic mass is 10.0. The van der Waals surface area contributed by atoms with Crippen molar-refractivity contribution in [3.8, 4) is 0 Å². The first-order valence-corrected chi connectivity index (χ1v) is 6.92. The van der Waals surface area contributed by atoms with E-state index in [1.165, 1.54) is 6.07 Å². The summed E-state index contributed by atoms with van der Waals surface area (Å²) < 4.78 is 40.7. The fourth-order valence-corrected chi connectivity index (χ4v) is 2.33. The third kappa shape index (κ3) is 3.58. The van der Waals surface area contributed by atoms with Gasteiger partial charge in [-0.3, -0.25) is 4.18 Å². The van der Waals surface area contributed by atoms with Crippen molar-refractivity contribution in [2.24, 2.45) is 5.14 Å². The first kappa shape index (κ1) is 14.5. The zero-order chi connectivity index (χ0) is 14.0. The molecule has 106 valence electrons. The SMILES string of the molecule is CC1(C)O[C@H](c2ccccc2F)[C@@H](COS(N)=O)O1. The molecule has 3 atom stereocenters. The van der Waals surface area contributed by atoms with Crippen LogP contribution in [-0.2, 0) is 24.9 Å². The molecule has 5 nitrogen and oxygen atoms in total. The van der Waals surface area contributed by atoms with Crippen molar-refractivity contribution in [2.75, 3.05) is 6.61 Å². The number of halogens is 1. The second-order valence-corrected chi connectivity index (χ2v) is 5.42. The molecule has 19 heavy (non-hydrogen) atoms. The average molecular weight is 289 g/mol. The van der Waals surface area contributed by atoms with Gasteiger partial charge in [-0.1, -0.05) is 18.2 Å². The molecule has 1 heterocycles. The molecule has 0 aliphatic carbocycles. The summed E-state index contributed by atoms with van der Waals surface area (Å²) in [6.45, 7) is 3.41. The van der Waals surface area contributed by atoms with Crippen LogP contribution in [-0.4, -0.2) is 22.7 Å². The van der Waals surface area contributed by atoms with Crippen molar-refractivity contribution in [3.63, 3.8) is 0 Å². The summed E-state index contributed by atoms with van der Waals surface area (Å²) in [6, 6.07) is 6.28. The highest BCUT2D eigenvalue weighted by molar-refractivity contribution is 7.77. The van der Waals surface area contributed by atoms with E-state index < -0.39 is 29.3 Å². The van der Waals surface area contributed by atoms with Gasteiger partial charge >= 0.3 is 0 Å². The molecule has 2 N–H and O–H groups in total. The van der Waals surface area contributed by atoms with Gasteiger partial charge in [-0.05, 0) is 19.9 Å². The minimum atomic E-state index is -1.89. The van der Waals surface area contributed by atoms with Crippen molar-refractivity contribution < 1.29 is 22.3 Å². The zero-order valence-corrected chi connectivity index (χ0v) is 11.5. The van der Waals surface area contributed by atoms with Gasteiger partial charge in [0.2, 0.25) is 11.3 Å². The summed E-state index contributed by atoms with van der Waals surface area (Å²) in [5, 5.41) is 5.03. The summed E-state index contributed by atoms with van der Waals surface area (Å²) >= 11 is -1.89. The topological polar surface area (TPSA) is 70.8 Å². The standard InChI is InChI=1S/C12H16FNO4S/c1-12(2)17-10(7-16-19(14)15)11(18-12)8-5-3-4-6-9(8)13/h3-6,10-11H,7,14H2,1-2H3/t10-,11-,19?/m1/s1. The van der Waals surface area contributed by atoms with E-state index in [-0.39, 0.29) is 12.4 Å². The van der Waals surface area contributed by atoms with Crippen LogP contribution < -0.4 is 5.14 Å². The van der Waals surface area contributed by atoms with Gasteiger partial charge in [-0.15, -0.1) is 0 Å². The normalized spacial score (nSPS) is 27.4. The van der Waals surface area contributed by atoms with E-state index in [2.05, 4.69) is 0 Å². The Kier molecular flexibility index (Phi) is 4.32. The van der Waals surface area contributed by atoms with Crippen molar-refractivity contribution in [3.05, 3.63) is 35.6 Å². The lowest BCUT2D eigenvalue weighted by Gasteiger charge is -2.17. The third-order valence-electron chi connectivity index (χ3n) is 2.74. The molecule has 7 heteroatoms. The lowest BCUT2D eigenvalue weighted by molar-refractivity contribution is -0.148. The number of nitrogens with two attached hydrogens (primary N) is 1. The lowest BCUT2D eigenvalue weighted by Crippen LogP contribution is -2.26. The van der Waals surface area contributed by atoms with E-state index in [1.54, 1.807) is 32.0 Å². The van der Waals surface area contributed by atoms with Crippen LogP contribution in [0.3, 0.4) is 0 Å². The van der Waals surface area contributed by atoms with Gasteiger partial charge in [-0.2, -0.15) is 0 Å². The number of benzene rings is 1. The molecule has 0 bridgehead atoms. The molecule has 0 aromatic heterocycles. The Labute approximate surface area is 113 Å². The molecule has 0 saturated carbocycles. The molecule has 1 fully saturated rings. The minimum Gasteiger partial charge on any atom is -0.342 e. The number of hydrogen-bond acceptors (Lipinski definition) is 4. The first-order valence-electron chi connectivity index (χ1n) is 5.78. The predicted octanol–water partition coefficient (Wildman–Crippen LogP) is 1.57. The smallest absolute Gasteiger partial charge is 0.231 e. The fourth-order valence-electron chi connectivity index (χ4n) is 2.06. The maximum Gasteiger partial charge on any atom is 0.231 e. The molecule has 1 aliphatic rings. The number of rotatable bonds is 4. The van der Waals surface area contributed by atoms with Crippen molar-refractivity contribution in [2.45, 2.75) is 31.8 Å². The predicted molar refractivity (Wildman–Crippen MR) is 67.5 cm³/mol. The van der Waals surface area contributed by atoms with Gasteiger partial charge in [0.15, 0.2) is 5.79 Å². The van der Waals surface area contributed by atoms with Crippen LogP contribution in [0.1, 0.15) is 25.5 Å². The second-order valence-electron chi connectivity index (χ2n) is 4.66. The molecule has 1 aromatic rings. The van der Waals surface area contributed by atoms with Gasteiger partial charge < -0.3 is 9.47 Å². The molecule has 0 spiro atoms. The largest absolute Gasteiger partial charge is 0.342 e. The highest BCUT2D eigenvalue weighted by Gasteiger charge is 2.43. The van der Waals surface area contributed by atoms with E-state index >= 15 is 0 Å². The molecular weight excluding hydrogens is 273 g/mol. The van der Waals surface area contributed by atoms with Crippen LogP contribution in [0.4, 0.5) is 4.39 Å². The Balaban J connectivity index is 2.21. The van der Waals surface area contributed by atoms with Crippen LogP contribution in [0.25, 0.3) is 0 Å².